The van der Waals surface area contributed by atoms with Crippen LogP contribution in [0.25, 0.3) is 5.76 Å². The van der Waals surface area contributed by atoms with Crippen LogP contribution in [0.3, 0.4) is 0 Å². The number of rotatable bonds is 9. The zero-order valence-corrected chi connectivity index (χ0v) is 20.1. The highest BCUT2D eigenvalue weighted by Crippen LogP contribution is 2.39. The van der Waals surface area contributed by atoms with Crippen molar-refractivity contribution in [2.45, 2.75) is 25.2 Å². The van der Waals surface area contributed by atoms with Crippen LogP contribution >= 0.6 is 15.9 Å². The molecule has 0 spiro atoms. The van der Waals surface area contributed by atoms with Crippen molar-refractivity contribution >= 4 is 27.5 Å². The van der Waals surface area contributed by atoms with E-state index in [9.17, 15) is 4.79 Å². The predicted molar refractivity (Wildman–Crippen MR) is 123 cm³/mol. The minimum absolute atomic E-state index is 0.106. The normalized spacial score (nSPS) is 16.6. The highest BCUT2D eigenvalue weighted by Gasteiger charge is 2.33. The maximum absolute atomic E-state index is 13.2. The van der Waals surface area contributed by atoms with Gasteiger partial charge in [0.25, 0.3) is 0 Å². The molecule has 0 N–H and O–H groups in total. The number of Topliss-reactive ketones (excluding diaryl/α,β-unsaturated/α-hetero) is 1. The van der Waals surface area contributed by atoms with E-state index in [4.69, 9.17) is 18.9 Å². The quantitative estimate of drug-likeness (QED) is 0.512. The number of nitrogens with zero attached hydrogens (tertiary/aromatic N) is 1. The highest BCUT2D eigenvalue weighted by molar-refractivity contribution is 9.10. The van der Waals surface area contributed by atoms with Crippen molar-refractivity contribution in [2.75, 3.05) is 35.4 Å². The molecule has 0 aliphatic carbocycles. The molecule has 0 aromatic heterocycles. The van der Waals surface area contributed by atoms with Gasteiger partial charge >= 0.3 is 0 Å². The third-order valence-corrected chi connectivity index (χ3v) is 5.89. The molecule has 2 atom stereocenters. The van der Waals surface area contributed by atoms with E-state index in [1.165, 1.54) is 5.56 Å². The molecule has 0 bridgehead atoms. The fourth-order valence-electron chi connectivity index (χ4n) is 3.58. The van der Waals surface area contributed by atoms with Crippen LogP contribution in [0.5, 0.6) is 11.5 Å². The van der Waals surface area contributed by atoms with Gasteiger partial charge in [-0.3, -0.25) is 4.79 Å². The largest absolute Gasteiger partial charge is 0.495 e. The van der Waals surface area contributed by atoms with Crippen molar-refractivity contribution in [2.24, 2.45) is 0 Å². The number of hydrogen-bond acceptors (Lipinski definition) is 6. The molecule has 2 aromatic rings. The van der Waals surface area contributed by atoms with Crippen molar-refractivity contribution in [3.8, 4) is 11.5 Å². The summed E-state index contributed by atoms with van der Waals surface area (Å²) in [6.45, 7) is 0.838. The first-order valence-corrected chi connectivity index (χ1v) is 10.8. The summed E-state index contributed by atoms with van der Waals surface area (Å²) in [6, 6.07) is 11.6. The summed E-state index contributed by atoms with van der Waals surface area (Å²) in [5.41, 5.74) is 2.78. The maximum Gasteiger partial charge on any atom is 0.206 e. The topological polar surface area (TPSA) is 57.2 Å². The first-order chi connectivity index (χ1) is 14.9. The van der Waals surface area contributed by atoms with E-state index in [1.54, 1.807) is 21.3 Å². The van der Waals surface area contributed by atoms with Gasteiger partial charge in [0.15, 0.2) is 6.10 Å². The van der Waals surface area contributed by atoms with Gasteiger partial charge in [-0.05, 0) is 59.4 Å². The molecular formula is C24H28BrNO5. The number of ketones is 1. The van der Waals surface area contributed by atoms with E-state index < -0.39 is 12.2 Å². The Morgan fingerprint density at radius 1 is 1.13 bits per heavy atom. The van der Waals surface area contributed by atoms with E-state index in [-0.39, 0.29) is 5.78 Å². The number of hydrogen-bond donors (Lipinski definition) is 0. The Balaban J connectivity index is 1.74. The molecule has 2 unspecified atom stereocenters. The smallest absolute Gasteiger partial charge is 0.206 e. The molecule has 1 aliphatic heterocycles. The lowest BCUT2D eigenvalue weighted by Crippen LogP contribution is -2.27. The second kappa shape index (κ2) is 10.3. The minimum atomic E-state index is -0.680. The van der Waals surface area contributed by atoms with E-state index in [0.29, 0.717) is 23.7 Å². The number of carbonyl (C=O) groups is 1. The molecule has 6 nitrogen and oxygen atoms in total. The van der Waals surface area contributed by atoms with Crippen molar-refractivity contribution in [1.82, 2.24) is 4.90 Å². The molecule has 0 saturated heterocycles. The SMILES string of the molecule is COc1cc(C2=CCC(C(=O)C(OC)c3ccc(CN(C)C)cc3)O2)cc(OC)c1Br. The first kappa shape index (κ1) is 23.3. The van der Waals surface area contributed by atoms with Crippen LogP contribution in [0.15, 0.2) is 46.9 Å². The Bertz CT molecular complexity index is 930. The standard InChI is InChI=1S/C24H28BrNO5/c1-26(2)14-15-6-8-16(9-7-15)24(30-5)23(27)19-11-10-18(31-19)17-12-20(28-3)22(25)21(13-17)29-4/h6-10,12-13,19,24H,11,14H2,1-5H3. The van der Waals surface area contributed by atoms with Crippen LogP contribution < -0.4 is 9.47 Å². The Morgan fingerprint density at radius 3 is 2.26 bits per heavy atom. The van der Waals surface area contributed by atoms with Gasteiger partial charge in [-0.25, -0.2) is 0 Å². The van der Waals surface area contributed by atoms with E-state index in [2.05, 4.69) is 20.8 Å². The lowest BCUT2D eigenvalue weighted by Gasteiger charge is -2.20. The second-order valence-corrected chi connectivity index (χ2v) is 8.40. The summed E-state index contributed by atoms with van der Waals surface area (Å²) < 4.78 is 23.1. The van der Waals surface area contributed by atoms with Crippen LogP contribution in [-0.2, 0) is 20.8 Å². The van der Waals surface area contributed by atoms with E-state index >= 15 is 0 Å². The Labute approximate surface area is 191 Å². The molecule has 1 aliphatic rings. The molecule has 2 aromatic carbocycles. The van der Waals surface area contributed by atoms with Crippen molar-refractivity contribution in [3.63, 3.8) is 0 Å². The Morgan fingerprint density at radius 2 is 1.74 bits per heavy atom. The summed E-state index contributed by atoms with van der Waals surface area (Å²) in [7, 11) is 8.77. The Hall–Kier alpha value is -2.35. The third-order valence-electron chi connectivity index (χ3n) is 5.11. The monoisotopic (exact) mass is 489 g/mol. The third kappa shape index (κ3) is 5.29. The molecule has 3 rings (SSSR count). The van der Waals surface area contributed by atoms with Crippen LogP contribution in [0.4, 0.5) is 0 Å². The molecule has 0 radical (unpaired) electrons. The Kier molecular flexibility index (Phi) is 7.75. The van der Waals surface area contributed by atoms with Crippen molar-refractivity contribution in [1.29, 1.82) is 0 Å². The lowest BCUT2D eigenvalue weighted by atomic mass is 9.99. The number of carbonyl (C=O) groups excluding carboxylic acids is 1. The molecule has 31 heavy (non-hydrogen) atoms. The average molecular weight is 490 g/mol. The molecule has 166 valence electrons. The zero-order valence-electron chi connectivity index (χ0n) is 18.5. The number of ether oxygens (including phenoxy) is 4. The van der Waals surface area contributed by atoms with Crippen molar-refractivity contribution in [3.05, 3.63) is 63.6 Å². The fourth-order valence-corrected chi connectivity index (χ4v) is 4.14. The molecule has 0 amide bonds. The lowest BCUT2D eigenvalue weighted by molar-refractivity contribution is -0.136. The minimum Gasteiger partial charge on any atom is -0.495 e. The van der Waals surface area contributed by atoms with Crippen molar-refractivity contribution < 1.29 is 23.7 Å². The molecule has 1 heterocycles. The van der Waals surface area contributed by atoms with Gasteiger partial charge in [0.05, 0.1) is 14.2 Å². The van der Waals surface area contributed by atoms with Gasteiger partial charge in [0, 0.05) is 25.6 Å². The molecule has 7 heteroatoms. The highest BCUT2D eigenvalue weighted by atomic mass is 79.9. The first-order valence-electron chi connectivity index (χ1n) is 9.96. The second-order valence-electron chi connectivity index (χ2n) is 7.60. The van der Waals surface area contributed by atoms with Crippen LogP contribution in [0.1, 0.15) is 29.2 Å². The number of methoxy groups -OCH3 is 3. The molecule has 0 saturated carbocycles. The van der Waals surface area contributed by atoms with E-state index in [0.717, 1.165) is 22.1 Å². The summed E-state index contributed by atoms with van der Waals surface area (Å²) in [4.78, 5) is 15.3. The number of halogens is 1. The number of benzene rings is 2. The van der Waals surface area contributed by atoms with Gasteiger partial charge in [-0.2, -0.15) is 0 Å². The van der Waals surface area contributed by atoms with Crippen LogP contribution in [-0.4, -0.2) is 52.2 Å². The van der Waals surface area contributed by atoms with E-state index in [1.807, 2.05) is 56.6 Å². The zero-order chi connectivity index (χ0) is 22.5. The average Bonchev–Trinajstić information content (AvgIpc) is 3.25. The summed E-state index contributed by atoms with van der Waals surface area (Å²) in [5.74, 6) is 1.77. The fraction of sp³-hybridized carbons (Fsp3) is 0.375. The van der Waals surface area contributed by atoms with Gasteiger partial charge in [-0.15, -0.1) is 0 Å². The molecular weight excluding hydrogens is 462 g/mol. The summed E-state index contributed by atoms with van der Waals surface area (Å²) >= 11 is 3.47. The van der Waals surface area contributed by atoms with Crippen LogP contribution in [0, 0.1) is 0 Å². The predicted octanol–water partition coefficient (Wildman–Crippen LogP) is 4.61. The van der Waals surface area contributed by atoms with Gasteiger partial charge < -0.3 is 23.8 Å². The summed E-state index contributed by atoms with van der Waals surface area (Å²) in [6.07, 6.45) is 1.10. The van der Waals surface area contributed by atoms with Crippen LogP contribution in [0.2, 0.25) is 0 Å². The van der Waals surface area contributed by atoms with Gasteiger partial charge in [0.2, 0.25) is 5.78 Å². The maximum atomic E-state index is 13.2. The van der Waals surface area contributed by atoms with Gasteiger partial charge in [-0.1, -0.05) is 24.3 Å². The summed E-state index contributed by atoms with van der Waals surface area (Å²) in [5, 5.41) is 0. The molecule has 0 fully saturated rings. The van der Waals surface area contributed by atoms with Gasteiger partial charge in [0.1, 0.15) is 27.8 Å².